The van der Waals surface area contributed by atoms with Crippen LogP contribution in [0.25, 0.3) is 0 Å². The molecule has 1 fully saturated rings. The number of rotatable bonds is 8. The molecule has 1 aliphatic rings. The summed E-state index contributed by atoms with van der Waals surface area (Å²) in [6.07, 6.45) is 1.06. The van der Waals surface area contributed by atoms with Crippen LogP contribution in [0.4, 0.5) is 17.6 Å². The van der Waals surface area contributed by atoms with Crippen LogP contribution in [-0.4, -0.2) is 55.8 Å². The molecule has 188 valence electrons. The second-order valence-electron chi connectivity index (χ2n) is 8.14. The average molecular weight is 496 g/mol. The highest BCUT2D eigenvalue weighted by Crippen LogP contribution is 2.27. The predicted octanol–water partition coefficient (Wildman–Crippen LogP) is 3.18. The minimum atomic E-state index is -1.77. The number of hydrogen-bond acceptors (Lipinski definition) is 5. The number of ether oxygens (including phenoxy) is 2. The van der Waals surface area contributed by atoms with Gasteiger partial charge in [-0.15, -0.1) is 0 Å². The Kier molecular flexibility index (Phi) is 8.31. The lowest BCUT2D eigenvalue weighted by Crippen LogP contribution is -2.46. The molecular weight excluding hydrogens is 472 g/mol. The fourth-order valence-corrected chi connectivity index (χ4v) is 3.75. The van der Waals surface area contributed by atoms with Crippen molar-refractivity contribution < 1.29 is 41.4 Å². The Balaban J connectivity index is 1.55. The normalized spacial score (nSPS) is 15.5. The zero-order valence-electron chi connectivity index (χ0n) is 19.1. The average Bonchev–Trinajstić information content (AvgIpc) is 2.85. The molecule has 1 saturated heterocycles. The second kappa shape index (κ2) is 11.2. The number of nitrogens with one attached hydrogen (secondary N) is 1. The lowest BCUT2D eigenvalue weighted by molar-refractivity contribution is -0.129. The molecule has 7 nitrogen and oxygen atoms in total. The van der Waals surface area contributed by atoms with Gasteiger partial charge < -0.3 is 19.7 Å². The zero-order chi connectivity index (χ0) is 25.7. The number of methoxy groups -OCH3 is 1. The predicted molar refractivity (Wildman–Crippen MR) is 116 cm³/mol. The van der Waals surface area contributed by atoms with Crippen LogP contribution in [0, 0.1) is 36.1 Å². The molecule has 1 unspecified atom stereocenters. The highest BCUT2D eigenvalue weighted by Gasteiger charge is 2.30. The van der Waals surface area contributed by atoms with E-state index in [4.69, 9.17) is 4.74 Å². The number of likely N-dealkylation sites (tertiary alicyclic amines) is 1. The number of benzene rings is 2. The lowest BCUT2D eigenvalue weighted by atomic mass is 9.96. The van der Waals surface area contributed by atoms with E-state index in [1.807, 2.05) is 13.0 Å². The molecule has 3 rings (SSSR count). The van der Waals surface area contributed by atoms with Crippen LogP contribution in [0.2, 0.25) is 0 Å². The van der Waals surface area contributed by atoms with Crippen molar-refractivity contribution in [2.45, 2.75) is 19.8 Å². The molecule has 11 heteroatoms. The van der Waals surface area contributed by atoms with Crippen molar-refractivity contribution in [2.75, 3.05) is 33.4 Å². The third-order valence-electron chi connectivity index (χ3n) is 5.57. The largest absolute Gasteiger partial charge is 0.496 e. The SMILES string of the molecule is COc1ccc(C)cc1C(=O)N1CCCC(C(=O)NCC(=O)COc2c(F)c(F)cc(F)c2F)C1. The third kappa shape index (κ3) is 6.09. The first-order valence-electron chi connectivity index (χ1n) is 10.8. The maximum atomic E-state index is 13.6. The van der Waals surface area contributed by atoms with Crippen LogP contribution in [0.15, 0.2) is 24.3 Å². The van der Waals surface area contributed by atoms with Gasteiger partial charge in [0.05, 0.1) is 25.1 Å². The number of nitrogens with zero attached hydrogens (tertiary/aromatic N) is 1. The Morgan fingerprint density at radius 1 is 1.09 bits per heavy atom. The fraction of sp³-hybridized carbons (Fsp3) is 0.375. The quantitative estimate of drug-likeness (QED) is 0.448. The van der Waals surface area contributed by atoms with E-state index < -0.39 is 59.8 Å². The van der Waals surface area contributed by atoms with Crippen molar-refractivity contribution in [3.63, 3.8) is 0 Å². The van der Waals surface area contributed by atoms with Gasteiger partial charge in [0.25, 0.3) is 5.91 Å². The van der Waals surface area contributed by atoms with E-state index in [1.54, 1.807) is 17.0 Å². The van der Waals surface area contributed by atoms with Crippen molar-refractivity contribution in [3.8, 4) is 11.5 Å². The molecule has 1 N–H and O–H groups in total. The maximum Gasteiger partial charge on any atom is 0.257 e. The summed E-state index contributed by atoms with van der Waals surface area (Å²) in [6.45, 7) is 0.978. The van der Waals surface area contributed by atoms with Crippen molar-refractivity contribution in [1.82, 2.24) is 10.2 Å². The summed E-state index contributed by atoms with van der Waals surface area (Å²) in [7, 11) is 1.46. The molecule has 2 aromatic rings. The number of piperidine rings is 1. The van der Waals surface area contributed by atoms with Crippen molar-refractivity contribution in [2.24, 2.45) is 5.92 Å². The smallest absolute Gasteiger partial charge is 0.257 e. The van der Waals surface area contributed by atoms with Crippen LogP contribution < -0.4 is 14.8 Å². The number of Topliss-reactive ketones (excluding diaryl/α,β-unsaturated/α-hetero) is 1. The summed E-state index contributed by atoms with van der Waals surface area (Å²) in [5, 5.41) is 2.40. The van der Waals surface area contributed by atoms with E-state index >= 15 is 0 Å². The molecule has 0 spiro atoms. The minimum Gasteiger partial charge on any atom is -0.496 e. The molecule has 2 amide bonds. The van der Waals surface area contributed by atoms with Gasteiger partial charge in [-0.3, -0.25) is 14.4 Å². The Bertz CT molecular complexity index is 1120. The molecule has 0 aliphatic carbocycles. The standard InChI is InChI=1S/C24H24F4N2O5/c1-13-5-6-19(34-2)16(8-13)24(33)30-7-3-4-14(11-30)23(32)29-10-15(31)12-35-22-20(27)17(25)9-18(26)21(22)28/h5-6,8-9,14H,3-4,7,10-12H2,1-2H3,(H,29,32). The molecule has 2 aromatic carbocycles. The van der Waals surface area contributed by atoms with E-state index in [0.717, 1.165) is 5.56 Å². The van der Waals surface area contributed by atoms with E-state index in [2.05, 4.69) is 10.1 Å². The highest BCUT2D eigenvalue weighted by atomic mass is 19.2. The van der Waals surface area contributed by atoms with Crippen LogP contribution in [0.5, 0.6) is 11.5 Å². The second-order valence-corrected chi connectivity index (χ2v) is 8.14. The Morgan fingerprint density at radius 3 is 2.43 bits per heavy atom. The van der Waals surface area contributed by atoms with Crippen LogP contribution >= 0.6 is 0 Å². The Labute approximate surface area is 199 Å². The Hall–Kier alpha value is -3.63. The number of carbonyl (C=O) groups is 3. The molecule has 0 bridgehead atoms. The minimum absolute atomic E-state index is 0.0206. The molecular formula is C24H24F4N2O5. The first kappa shape index (κ1) is 26.0. The molecule has 1 heterocycles. The Morgan fingerprint density at radius 2 is 1.77 bits per heavy atom. The molecule has 1 aliphatic heterocycles. The summed E-state index contributed by atoms with van der Waals surface area (Å²) < 4.78 is 63.6. The monoisotopic (exact) mass is 496 g/mol. The number of hydrogen-bond donors (Lipinski definition) is 1. The van der Waals surface area contributed by atoms with E-state index in [-0.39, 0.29) is 18.5 Å². The van der Waals surface area contributed by atoms with Crippen LogP contribution in [0.1, 0.15) is 28.8 Å². The summed E-state index contributed by atoms with van der Waals surface area (Å²) in [6, 6.07) is 5.24. The number of amides is 2. The van der Waals surface area contributed by atoms with E-state index in [1.165, 1.54) is 7.11 Å². The molecule has 0 radical (unpaired) electrons. The fourth-order valence-electron chi connectivity index (χ4n) is 3.75. The molecule has 35 heavy (non-hydrogen) atoms. The first-order valence-corrected chi connectivity index (χ1v) is 10.8. The topological polar surface area (TPSA) is 84.9 Å². The maximum absolute atomic E-state index is 13.6. The van der Waals surface area contributed by atoms with Crippen LogP contribution in [-0.2, 0) is 9.59 Å². The summed E-state index contributed by atoms with van der Waals surface area (Å²) >= 11 is 0. The van der Waals surface area contributed by atoms with Gasteiger partial charge in [-0.2, -0.15) is 8.78 Å². The van der Waals surface area contributed by atoms with Gasteiger partial charge >= 0.3 is 0 Å². The zero-order valence-corrected chi connectivity index (χ0v) is 19.1. The molecule has 0 aromatic heterocycles. The molecule has 1 atom stereocenters. The number of carbonyl (C=O) groups excluding carboxylic acids is 3. The number of aryl methyl sites for hydroxylation is 1. The van der Waals surface area contributed by atoms with Gasteiger partial charge in [-0.25, -0.2) is 8.78 Å². The number of halogens is 4. The van der Waals surface area contributed by atoms with Crippen LogP contribution in [0.3, 0.4) is 0 Å². The van der Waals surface area contributed by atoms with E-state index in [0.29, 0.717) is 30.7 Å². The van der Waals surface area contributed by atoms with Gasteiger partial charge in [0.1, 0.15) is 12.4 Å². The van der Waals surface area contributed by atoms with Gasteiger partial charge in [0, 0.05) is 19.2 Å². The third-order valence-corrected chi connectivity index (χ3v) is 5.57. The lowest BCUT2D eigenvalue weighted by Gasteiger charge is -2.32. The molecule has 0 saturated carbocycles. The van der Waals surface area contributed by atoms with Gasteiger partial charge in [0.15, 0.2) is 23.2 Å². The van der Waals surface area contributed by atoms with E-state index in [9.17, 15) is 31.9 Å². The van der Waals surface area contributed by atoms with Crippen molar-refractivity contribution in [1.29, 1.82) is 0 Å². The highest BCUT2D eigenvalue weighted by molar-refractivity contribution is 5.97. The van der Waals surface area contributed by atoms with Gasteiger partial charge in [0.2, 0.25) is 17.5 Å². The van der Waals surface area contributed by atoms with Gasteiger partial charge in [-0.05, 0) is 31.9 Å². The summed E-state index contributed by atoms with van der Waals surface area (Å²) in [5.41, 5.74) is 1.26. The summed E-state index contributed by atoms with van der Waals surface area (Å²) in [4.78, 5) is 39.1. The number of ketones is 1. The van der Waals surface area contributed by atoms with Crippen molar-refractivity contribution in [3.05, 3.63) is 58.7 Å². The van der Waals surface area contributed by atoms with Gasteiger partial charge in [-0.1, -0.05) is 11.6 Å². The first-order chi connectivity index (χ1) is 16.6. The van der Waals surface area contributed by atoms with Crippen molar-refractivity contribution >= 4 is 17.6 Å². The summed E-state index contributed by atoms with van der Waals surface area (Å²) in [5.74, 6) is -9.92.